The van der Waals surface area contributed by atoms with E-state index in [1.54, 1.807) is 47.5 Å². The van der Waals surface area contributed by atoms with Gasteiger partial charge in [0, 0.05) is 18.6 Å². The van der Waals surface area contributed by atoms with Crippen LogP contribution in [0.1, 0.15) is 5.56 Å². The first kappa shape index (κ1) is 16.9. The molecule has 0 spiro atoms. The first-order valence-electron chi connectivity index (χ1n) is 6.50. The highest BCUT2D eigenvalue weighted by molar-refractivity contribution is 7.97. The quantitative estimate of drug-likeness (QED) is 0.483. The summed E-state index contributed by atoms with van der Waals surface area (Å²) in [6, 6.07) is 10.6. The Morgan fingerprint density at radius 1 is 1.43 bits per heavy atom. The first-order chi connectivity index (χ1) is 11.1. The Balaban J connectivity index is 2.35. The zero-order valence-corrected chi connectivity index (χ0v) is 13.8. The van der Waals surface area contributed by atoms with Gasteiger partial charge in [0.25, 0.3) is 0 Å². The van der Waals surface area contributed by atoms with Crippen LogP contribution in [0.5, 0.6) is 0 Å². The molecule has 0 unspecified atom stereocenters. The van der Waals surface area contributed by atoms with Crippen molar-refractivity contribution in [1.82, 2.24) is 9.55 Å². The van der Waals surface area contributed by atoms with Crippen LogP contribution in [0.15, 0.2) is 52.1 Å². The average molecular weight is 346 g/mol. The molecule has 0 N–H and O–H groups in total. The molecule has 0 radical (unpaired) electrons. The Morgan fingerprint density at radius 3 is 2.91 bits per heavy atom. The summed E-state index contributed by atoms with van der Waals surface area (Å²) in [7, 11) is 0. The number of rotatable bonds is 4. The lowest BCUT2D eigenvalue weighted by molar-refractivity contribution is -0.112. The average Bonchev–Trinajstić information content (AvgIpc) is 2.56. The monoisotopic (exact) mass is 345 g/mol. The molecule has 116 valence electrons. The van der Waals surface area contributed by atoms with Gasteiger partial charge in [0.1, 0.15) is 16.7 Å². The zero-order valence-electron chi connectivity index (χ0n) is 12.2. The summed E-state index contributed by atoms with van der Waals surface area (Å²) in [5.74, 6) is -0.670. The number of hydrogen-bond donors (Lipinski definition) is 0. The van der Waals surface area contributed by atoms with Gasteiger partial charge in [0.15, 0.2) is 0 Å². The number of pyridine rings is 2. The van der Waals surface area contributed by atoms with Crippen LogP contribution in [-0.4, -0.2) is 27.4 Å². The van der Waals surface area contributed by atoms with Crippen LogP contribution in [0.4, 0.5) is 0 Å². The molecular weight excluding hydrogens is 334 g/mol. The fraction of sp³-hybridized carbons (Fsp3) is 0.133. The number of aromatic nitrogens is 2. The van der Waals surface area contributed by atoms with Crippen LogP contribution in [0.2, 0.25) is 5.15 Å². The molecule has 23 heavy (non-hydrogen) atoms. The molecule has 0 aliphatic rings. The van der Waals surface area contributed by atoms with E-state index in [2.05, 4.69) is 14.4 Å². The number of amides is 1. The molecule has 2 aromatic heterocycles. The molecule has 0 fully saturated rings. The van der Waals surface area contributed by atoms with Crippen LogP contribution >= 0.6 is 23.5 Å². The smallest absolute Gasteiger partial charge is 0.309 e. The van der Waals surface area contributed by atoms with Crippen molar-refractivity contribution in [1.29, 1.82) is 5.26 Å². The minimum atomic E-state index is -0.670. The minimum absolute atomic E-state index is 0.235. The molecule has 1 amide bonds. The van der Waals surface area contributed by atoms with Gasteiger partial charge in [0.2, 0.25) is 5.71 Å². The van der Waals surface area contributed by atoms with E-state index < -0.39 is 5.91 Å². The minimum Gasteiger partial charge on any atom is -0.328 e. The van der Waals surface area contributed by atoms with Crippen molar-refractivity contribution in [2.75, 3.05) is 6.26 Å². The molecule has 0 atom stereocenters. The highest BCUT2D eigenvalue weighted by Gasteiger charge is 2.09. The second-order valence-electron chi connectivity index (χ2n) is 4.33. The molecule has 0 saturated heterocycles. The van der Waals surface area contributed by atoms with Crippen LogP contribution < -0.4 is 5.49 Å². The molecule has 2 aromatic rings. The third-order valence-corrected chi connectivity index (χ3v) is 3.35. The summed E-state index contributed by atoms with van der Waals surface area (Å²) in [5, 5.41) is 9.35. The molecule has 8 heteroatoms. The van der Waals surface area contributed by atoms with E-state index in [-0.39, 0.29) is 5.71 Å². The lowest BCUT2D eigenvalue weighted by Gasteiger charge is -2.07. The Kier molecular flexibility index (Phi) is 6.09. The van der Waals surface area contributed by atoms with E-state index in [4.69, 9.17) is 16.9 Å². The Hall–Kier alpha value is -2.43. The molecule has 0 aliphatic carbocycles. The summed E-state index contributed by atoms with van der Waals surface area (Å²) in [6.45, 7) is 0.471. The van der Waals surface area contributed by atoms with Crippen molar-refractivity contribution in [3.05, 3.63) is 58.9 Å². The largest absolute Gasteiger partial charge is 0.328 e. The van der Waals surface area contributed by atoms with Crippen molar-refractivity contribution in [2.24, 2.45) is 9.39 Å². The van der Waals surface area contributed by atoms with Crippen LogP contribution in [0.3, 0.4) is 0 Å². The second kappa shape index (κ2) is 8.27. The van der Waals surface area contributed by atoms with Crippen LogP contribution in [0.25, 0.3) is 0 Å². The molecule has 2 rings (SSSR count). The van der Waals surface area contributed by atoms with Crippen molar-refractivity contribution in [2.45, 2.75) is 6.54 Å². The first-order valence-corrected chi connectivity index (χ1v) is 8.06. The Morgan fingerprint density at radius 2 is 2.26 bits per heavy atom. The number of carbonyl (C=O) groups is 1. The SMILES string of the molecule is CS/N=C(\C#N)C(=O)N=c1ccccn1Cc1ccc(Cl)nc1. The highest BCUT2D eigenvalue weighted by atomic mass is 35.5. The normalized spacial score (nSPS) is 12.0. The van der Waals surface area contributed by atoms with E-state index in [0.717, 1.165) is 17.5 Å². The van der Waals surface area contributed by atoms with E-state index in [9.17, 15) is 4.79 Å². The van der Waals surface area contributed by atoms with Crippen molar-refractivity contribution in [3.63, 3.8) is 0 Å². The molecule has 0 aromatic carbocycles. The predicted octanol–water partition coefficient (Wildman–Crippen LogP) is 2.25. The fourth-order valence-electron chi connectivity index (χ4n) is 1.75. The number of carbonyl (C=O) groups excluding carboxylic acids is 1. The van der Waals surface area contributed by atoms with Gasteiger partial charge in [-0.1, -0.05) is 23.7 Å². The maximum atomic E-state index is 12.0. The van der Waals surface area contributed by atoms with Crippen molar-refractivity contribution in [3.8, 4) is 6.07 Å². The number of nitrogens with zero attached hydrogens (tertiary/aromatic N) is 5. The summed E-state index contributed by atoms with van der Waals surface area (Å²) in [6.07, 6.45) is 5.11. The standard InChI is InChI=1S/C15H12ClN5OS/c1-23-20-12(8-17)15(22)19-14-4-2-3-7-21(14)10-11-5-6-13(16)18-9-11/h2-7,9H,10H2,1H3/b19-14?,20-12+. The van der Waals surface area contributed by atoms with Gasteiger partial charge in [-0.05, 0) is 35.7 Å². The maximum Gasteiger partial charge on any atom is 0.309 e. The number of halogens is 1. The van der Waals surface area contributed by atoms with Gasteiger partial charge >= 0.3 is 5.91 Å². The lowest BCUT2D eigenvalue weighted by Crippen LogP contribution is -2.24. The molecular formula is C15H12ClN5OS. The molecule has 6 nitrogen and oxygen atoms in total. The van der Waals surface area contributed by atoms with E-state index in [1.165, 1.54) is 0 Å². The Bertz CT molecular complexity index is 836. The van der Waals surface area contributed by atoms with Gasteiger partial charge in [-0.3, -0.25) is 4.79 Å². The van der Waals surface area contributed by atoms with Crippen molar-refractivity contribution < 1.29 is 4.79 Å². The predicted molar refractivity (Wildman–Crippen MR) is 89.9 cm³/mol. The topological polar surface area (TPSA) is 83.4 Å². The molecule has 0 aliphatic heterocycles. The van der Waals surface area contributed by atoms with Crippen LogP contribution in [-0.2, 0) is 11.3 Å². The molecule has 0 bridgehead atoms. The fourth-order valence-corrected chi connectivity index (χ4v) is 2.17. The van der Waals surface area contributed by atoms with Crippen LogP contribution in [0, 0.1) is 11.3 Å². The highest BCUT2D eigenvalue weighted by Crippen LogP contribution is 2.06. The molecule has 0 saturated carbocycles. The third kappa shape index (κ3) is 4.77. The van der Waals surface area contributed by atoms with Gasteiger partial charge in [0.05, 0.1) is 6.54 Å². The molecule has 2 heterocycles. The van der Waals surface area contributed by atoms with Gasteiger partial charge in [-0.15, -0.1) is 0 Å². The number of nitriles is 1. The van der Waals surface area contributed by atoms with E-state index >= 15 is 0 Å². The van der Waals surface area contributed by atoms with Crippen molar-refractivity contribution >= 4 is 35.2 Å². The summed E-state index contributed by atoms with van der Waals surface area (Å²) < 4.78 is 5.53. The lowest BCUT2D eigenvalue weighted by atomic mass is 10.3. The maximum absolute atomic E-state index is 12.0. The zero-order chi connectivity index (χ0) is 16.7. The Labute approximate surface area is 142 Å². The van der Waals surface area contributed by atoms with E-state index in [0.29, 0.717) is 17.2 Å². The number of hydrogen-bond acceptors (Lipinski definition) is 5. The van der Waals surface area contributed by atoms with Gasteiger partial charge in [-0.2, -0.15) is 14.7 Å². The third-order valence-electron chi connectivity index (χ3n) is 2.77. The summed E-state index contributed by atoms with van der Waals surface area (Å²) in [4.78, 5) is 20.0. The van der Waals surface area contributed by atoms with Gasteiger partial charge in [-0.25, -0.2) is 4.98 Å². The second-order valence-corrected chi connectivity index (χ2v) is 5.26. The summed E-state index contributed by atoms with van der Waals surface area (Å²) in [5.41, 5.74) is 1.10. The summed E-state index contributed by atoms with van der Waals surface area (Å²) >= 11 is 6.81. The van der Waals surface area contributed by atoms with Gasteiger partial charge < -0.3 is 4.57 Å². The van der Waals surface area contributed by atoms with E-state index in [1.807, 2.05) is 12.1 Å².